The number of rotatable bonds is 3. The van der Waals surface area contributed by atoms with Gasteiger partial charge in [0, 0.05) is 4.47 Å². The van der Waals surface area contributed by atoms with E-state index in [9.17, 15) is 14.9 Å². The van der Waals surface area contributed by atoms with Gasteiger partial charge >= 0.3 is 11.8 Å². The number of aromatic nitrogens is 2. The first-order chi connectivity index (χ1) is 8.50. The molecule has 0 saturated carbocycles. The number of hydrogen-bond acceptors (Lipinski definition) is 4. The number of imidazole rings is 1. The predicted molar refractivity (Wildman–Crippen MR) is 64.9 cm³/mol. The fourth-order valence-corrected chi connectivity index (χ4v) is 2.00. The summed E-state index contributed by atoms with van der Waals surface area (Å²) in [6.07, 6.45) is 2.36. The van der Waals surface area contributed by atoms with Gasteiger partial charge in [-0.1, -0.05) is 6.07 Å². The van der Waals surface area contributed by atoms with Crippen molar-refractivity contribution < 1.29 is 14.8 Å². The highest BCUT2D eigenvalue weighted by Gasteiger charge is 2.18. The smallest absolute Gasteiger partial charge is 0.381 e. The fraction of sp³-hybridized carbons (Fsp3) is 0. The van der Waals surface area contributed by atoms with Crippen LogP contribution in [0.3, 0.4) is 0 Å². The molecule has 1 heterocycles. The van der Waals surface area contributed by atoms with Crippen molar-refractivity contribution in [3.05, 3.63) is 50.9 Å². The fourth-order valence-electron chi connectivity index (χ4n) is 1.48. The van der Waals surface area contributed by atoms with Crippen LogP contribution in [-0.2, 0) is 0 Å². The SMILES string of the molecule is O=C(O)c1c(Br)cccc1-n1cnc([N+](=O)[O-])c1. The van der Waals surface area contributed by atoms with E-state index in [0.29, 0.717) is 10.2 Å². The molecule has 2 rings (SSSR count). The topological polar surface area (TPSA) is 98.3 Å². The molecule has 0 radical (unpaired) electrons. The van der Waals surface area contributed by atoms with Crippen molar-refractivity contribution in [1.29, 1.82) is 0 Å². The van der Waals surface area contributed by atoms with Gasteiger partial charge in [-0.15, -0.1) is 0 Å². The van der Waals surface area contributed by atoms with Gasteiger partial charge in [-0.2, -0.15) is 0 Å². The molecule has 0 aliphatic rings. The Labute approximate surface area is 109 Å². The number of carboxylic acid groups (broad SMARTS) is 1. The summed E-state index contributed by atoms with van der Waals surface area (Å²) >= 11 is 3.13. The summed E-state index contributed by atoms with van der Waals surface area (Å²) in [6.45, 7) is 0. The van der Waals surface area contributed by atoms with Crippen LogP contribution >= 0.6 is 15.9 Å². The van der Waals surface area contributed by atoms with Gasteiger partial charge in [0.25, 0.3) is 0 Å². The minimum Gasteiger partial charge on any atom is -0.478 e. The predicted octanol–water partition coefficient (Wildman–Crippen LogP) is 2.24. The number of carboxylic acids is 1. The van der Waals surface area contributed by atoms with Gasteiger partial charge in [-0.3, -0.25) is 4.57 Å². The number of hydrogen-bond donors (Lipinski definition) is 1. The van der Waals surface area contributed by atoms with Crippen LogP contribution in [0.25, 0.3) is 5.69 Å². The van der Waals surface area contributed by atoms with Gasteiger partial charge in [0.2, 0.25) is 6.33 Å². The maximum atomic E-state index is 11.2. The molecule has 0 fully saturated rings. The molecule has 0 atom stereocenters. The summed E-state index contributed by atoms with van der Waals surface area (Å²) in [7, 11) is 0. The van der Waals surface area contributed by atoms with Gasteiger partial charge < -0.3 is 15.2 Å². The Kier molecular flexibility index (Phi) is 3.11. The molecule has 1 N–H and O–H groups in total. The zero-order valence-electron chi connectivity index (χ0n) is 8.78. The third kappa shape index (κ3) is 2.09. The Bertz CT molecular complexity index is 638. The van der Waals surface area contributed by atoms with Crippen LogP contribution in [0.1, 0.15) is 10.4 Å². The average molecular weight is 312 g/mol. The quantitative estimate of drug-likeness (QED) is 0.692. The summed E-state index contributed by atoms with van der Waals surface area (Å²) in [5.74, 6) is -1.47. The number of nitrogens with zero attached hydrogens (tertiary/aromatic N) is 3. The summed E-state index contributed by atoms with van der Waals surface area (Å²) in [4.78, 5) is 24.6. The van der Waals surface area contributed by atoms with E-state index < -0.39 is 10.9 Å². The minimum atomic E-state index is -1.13. The van der Waals surface area contributed by atoms with Crippen LogP contribution in [-0.4, -0.2) is 25.6 Å². The molecule has 0 aliphatic heterocycles. The Morgan fingerprint density at radius 1 is 1.50 bits per heavy atom. The molecular formula is C10H6BrN3O4. The van der Waals surface area contributed by atoms with Gasteiger partial charge in [0.15, 0.2) is 0 Å². The lowest BCUT2D eigenvalue weighted by Crippen LogP contribution is -2.05. The number of nitro groups is 1. The van der Waals surface area contributed by atoms with E-state index in [4.69, 9.17) is 5.11 Å². The minimum absolute atomic E-state index is 0.0183. The van der Waals surface area contributed by atoms with E-state index in [1.165, 1.54) is 10.9 Å². The van der Waals surface area contributed by atoms with Crippen molar-refractivity contribution in [2.75, 3.05) is 0 Å². The van der Waals surface area contributed by atoms with E-state index in [2.05, 4.69) is 20.9 Å². The van der Waals surface area contributed by atoms with E-state index in [0.717, 1.165) is 6.20 Å². The Hall–Kier alpha value is -2.22. The molecule has 18 heavy (non-hydrogen) atoms. The van der Waals surface area contributed by atoms with Crippen molar-refractivity contribution in [1.82, 2.24) is 9.55 Å². The highest BCUT2D eigenvalue weighted by atomic mass is 79.9. The molecule has 0 saturated heterocycles. The Morgan fingerprint density at radius 3 is 2.78 bits per heavy atom. The molecule has 2 aromatic rings. The van der Waals surface area contributed by atoms with Crippen molar-refractivity contribution in [2.24, 2.45) is 0 Å². The van der Waals surface area contributed by atoms with Gasteiger partial charge in [0.05, 0.1) is 11.3 Å². The molecule has 0 unspecified atom stereocenters. The maximum absolute atomic E-state index is 11.2. The lowest BCUT2D eigenvalue weighted by atomic mass is 10.2. The van der Waals surface area contributed by atoms with Gasteiger partial charge in [-0.25, -0.2) is 4.79 Å². The molecule has 7 nitrogen and oxygen atoms in total. The highest BCUT2D eigenvalue weighted by Crippen LogP contribution is 2.24. The van der Waals surface area contributed by atoms with E-state index >= 15 is 0 Å². The lowest BCUT2D eigenvalue weighted by Gasteiger charge is -2.06. The molecule has 92 valence electrons. The van der Waals surface area contributed by atoms with Gasteiger partial charge in [-0.05, 0) is 38.0 Å². The molecular weight excluding hydrogens is 306 g/mol. The number of aromatic carboxylic acids is 1. The summed E-state index contributed by atoms with van der Waals surface area (Å²) in [5, 5.41) is 19.7. The maximum Gasteiger partial charge on any atom is 0.381 e. The van der Waals surface area contributed by atoms with E-state index in [1.807, 2.05) is 0 Å². The number of benzene rings is 1. The van der Waals surface area contributed by atoms with Crippen molar-refractivity contribution >= 4 is 27.7 Å². The average Bonchev–Trinajstić information content (AvgIpc) is 2.77. The van der Waals surface area contributed by atoms with Crippen LogP contribution in [0.4, 0.5) is 5.82 Å². The molecule has 1 aromatic heterocycles. The Morgan fingerprint density at radius 2 is 2.22 bits per heavy atom. The third-order valence-electron chi connectivity index (χ3n) is 2.24. The lowest BCUT2D eigenvalue weighted by molar-refractivity contribution is -0.389. The molecule has 8 heteroatoms. The first-order valence-corrected chi connectivity index (χ1v) is 5.50. The third-order valence-corrected chi connectivity index (χ3v) is 2.90. The highest BCUT2D eigenvalue weighted by molar-refractivity contribution is 9.10. The first kappa shape index (κ1) is 12.2. The number of halogens is 1. The van der Waals surface area contributed by atoms with Gasteiger partial charge in [0.1, 0.15) is 6.20 Å². The standard InChI is InChI=1S/C10H6BrN3O4/c11-6-2-1-3-7(9(6)10(15)16)13-4-8(12-5-13)14(17)18/h1-5H,(H,15,16). The second-order valence-corrected chi connectivity index (χ2v) is 4.19. The molecule has 1 aromatic carbocycles. The Balaban J connectivity index is 2.59. The van der Waals surface area contributed by atoms with Crippen LogP contribution in [0.2, 0.25) is 0 Å². The monoisotopic (exact) mass is 311 g/mol. The van der Waals surface area contributed by atoms with E-state index in [1.54, 1.807) is 18.2 Å². The van der Waals surface area contributed by atoms with Crippen LogP contribution in [0.5, 0.6) is 0 Å². The second-order valence-electron chi connectivity index (χ2n) is 3.34. The summed E-state index contributed by atoms with van der Waals surface area (Å²) < 4.78 is 1.69. The largest absolute Gasteiger partial charge is 0.478 e. The molecule has 0 spiro atoms. The summed E-state index contributed by atoms with van der Waals surface area (Å²) in [6, 6.07) is 4.76. The zero-order chi connectivity index (χ0) is 13.3. The van der Waals surface area contributed by atoms with Crippen LogP contribution < -0.4 is 0 Å². The first-order valence-electron chi connectivity index (χ1n) is 4.71. The van der Waals surface area contributed by atoms with Crippen LogP contribution in [0, 0.1) is 10.1 Å². The second kappa shape index (κ2) is 4.57. The molecule has 0 amide bonds. The van der Waals surface area contributed by atoms with Crippen molar-refractivity contribution in [2.45, 2.75) is 0 Å². The van der Waals surface area contributed by atoms with Crippen molar-refractivity contribution in [3.8, 4) is 5.69 Å². The summed E-state index contributed by atoms with van der Waals surface area (Å²) in [5.41, 5.74) is 0.322. The van der Waals surface area contributed by atoms with E-state index in [-0.39, 0.29) is 11.4 Å². The van der Waals surface area contributed by atoms with Crippen molar-refractivity contribution in [3.63, 3.8) is 0 Å². The normalized spacial score (nSPS) is 10.3. The number of carbonyl (C=O) groups is 1. The molecule has 0 aliphatic carbocycles. The zero-order valence-corrected chi connectivity index (χ0v) is 10.4. The van der Waals surface area contributed by atoms with Crippen LogP contribution in [0.15, 0.2) is 35.2 Å². The molecule has 0 bridgehead atoms.